The fourth-order valence-electron chi connectivity index (χ4n) is 4.35. The predicted molar refractivity (Wildman–Crippen MR) is 115 cm³/mol. The van der Waals surface area contributed by atoms with E-state index in [1.165, 1.54) is 5.01 Å². The highest BCUT2D eigenvalue weighted by atomic mass is 35.5. The predicted octanol–water partition coefficient (Wildman–Crippen LogP) is 4.97. The summed E-state index contributed by atoms with van der Waals surface area (Å²) in [6, 6.07) is 13.4. The first-order chi connectivity index (χ1) is 14.3. The molecule has 1 saturated carbocycles. The summed E-state index contributed by atoms with van der Waals surface area (Å²) in [6.07, 6.45) is 2.27. The van der Waals surface area contributed by atoms with Crippen molar-refractivity contribution in [1.82, 2.24) is 10.0 Å². The summed E-state index contributed by atoms with van der Waals surface area (Å²) in [5, 5.41) is 3.42. The molecule has 2 aromatic rings. The van der Waals surface area contributed by atoms with Gasteiger partial charge in [-0.2, -0.15) is 5.01 Å². The Balaban J connectivity index is 1.70. The molecule has 0 radical (unpaired) electrons. The molecule has 5 nitrogen and oxygen atoms in total. The number of amides is 3. The smallest absolute Gasteiger partial charge is 0.272 e. The SMILES string of the molecule is C[C@@H]1CC[C@H]2C(=O)N(N(Cc3ccc(Cl)cc3)C(=O)c3ccc(Cl)cc3)C(=O)[C@H]2C1. The minimum absolute atomic E-state index is 0.0884. The summed E-state index contributed by atoms with van der Waals surface area (Å²) in [4.78, 5) is 39.8. The van der Waals surface area contributed by atoms with Gasteiger partial charge in [0.25, 0.3) is 17.7 Å². The molecule has 0 aromatic heterocycles. The van der Waals surface area contributed by atoms with Gasteiger partial charge in [-0.25, -0.2) is 5.01 Å². The first-order valence-corrected chi connectivity index (χ1v) is 10.8. The van der Waals surface area contributed by atoms with E-state index in [-0.39, 0.29) is 30.2 Å². The number of carbonyl (C=O) groups excluding carboxylic acids is 3. The molecule has 7 heteroatoms. The number of rotatable bonds is 4. The highest BCUT2D eigenvalue weighted by Crippen LogP contribution is 2.41. The third-order valence-electron chi connectivity index (χ3n) is 5.98. The van der Waals surface area contributed by atoms with E-state index < -0.39 is 5.91 Å². The standard InChI is InChI=1S/C23H22Cl2N2O3/c1-14-2-11-19-20(12-14)23(30)27(22(19)29)26(13-15-3-7-17(24)8-4-15)21(28)16-5-9-18(25)10-6-16/h3-10,14,19-20H,2,11-13H2,1H3/t14-,19-,20+/m1/s1. The first kappa shape index (κ1) is 20.9. The van der Waals surface area contributed by atoms with Gasteiger partial charge in [-0.3, -0.25) is 14.4 Å². The largest absolute Gasteiger partial charge is 0.273 e. The third kappa shape index (κ3) is 3.96. The van der Waals surface area contributed by atoms with Gasteiger partial charge in [0, 0.05) is 15.6 Å². The number of halogens is 2. The van der Waals surface area contributed by atoms with Crippen LogP contribution in [0.5, 0.6) is 0 Å². The Bertz CT molecular complexity index is 975. The van der Waals surface area contributed by atoms with E-state index in [1.54, 1.807) is 48.5 Å². The minimum Gasteiger partial charge on any atom is -0.272 e. The molecule has 4 rings (SSSR count). The number of hydrogen-bond donors (Lipinski definition) is 0. The zero-order chi connectivity index (χ0) is 21.4. The molecule has 0 unspecified atom stereocenters. The average molecular weight is 445 g/mol. The van der Waals surface area contributed by atoms with Crippen molar-refractivity contribution in [2.75, 3.05) is 0 Å². The van der Waals surface area contributed by atoms with Crippen molar-refractivity contribution in [2.45, 2.75) is 32.7 Å². The molecule has 1 saturated heterocycles. The molecule has 1 aliphatic heterocycles. The van der Waals surface area contributed by atoms with Crippen molar-refractivity contribution in [3.63, 3.8) is 0 Å². The first-order valence-electron chi connectivity index (χ1n) is 10.0. The number of hydrazine groups is 1. The lowest BCUT2D eigenvalue weighted by Gasteiger charge is -2.30. The van der Waals surface area contributed by atoms with Crippen LogP contribution in [0.2, 0.25) is 10.0 Å². The molecule has 2 fully saturated rings. The molecule has 0 N–H and O–H groups in total. The van der Waals surface area contributed by atoms with Gasteiger partial charge >= 0.3 is 0 Å². The maximum atomic E-state index is 13.4. The highest BCUT2D eigenvalue weighted by Gasteiger charge is 2.52. The van der Waals surface area contributed by atoms with E-state index in [2.05, 4.69) is 6.92 Å². The van der Waals surface area contributed by atoms with Gasteiger partial charge in [0.1, 0.15) is 0 Å². The topological polar surface area (TPSA) is 57.7 Å². The van der Waals surface area contributed by atoms with Crippen LogP contribution >= 0.6 is 23.2 Å². The van der Waals surface area contributed by atoms with Crippen LogP contribution in [0.3, 0.4) is 0 Å². The lowest BCUT2D eigenvalue weighted by Crippen LogP contribution is -2.49. The zero-order valence-electron chi connectivity index (χ0n) is 16.6. The van der Waals surface area contributed by atoms with Crippen LogP contribution in [0.1, 0.15) is 42.1 Å². The van der Waals surface area contributed by atoms with Crippen LogP contribution < -0.4 is 0 Å². The molecule has 3 atom stereocenters. The van der Waals surface area contributed by atoms with Gasteiger partial charge < -0.3 is 0 Å². The second kappa shape index (κ2) is 8.40. The summed E-state index contributed by atoms with van der Waals surface area (Å²) >= 11 is 11.9. The summed E-state index contributed by atoms with van der Waals surface area (Å²) in [5.41, 5.74) is 1.13. The van der Waals surface area contributed by atoms with Crippen molar-refractivity contribution in [3.05, 3.63) is 69.7 Å². The number of carbonyl (C=O) groups is 3. The van der Waals surface area contributed by atoms with Gasteiger partial charge in [-0.05, 0) is 67.1 Å². The highest BCUT2D eigenvalue weighted by molar-refractivity contribution is 6.30. The van der Waals surface area contributed by atoms with Gasteiger partial charge in [0.15, 0.2) is 0 Å². The Morgan fingerprint density at radius 3 is 2.13 bits per heavy atom. The molecular formula is C23H22Cl2N2O3. The number of benzene rings is 2. The van der Waals surface area contributed by atoms with Crippen molar-refractivity contribution in [2.24, 2.45) is 17.8 Å². The number of imide groups is 1. The van der Waals surface area contributed by atoms with E-state index in [4.69, 9.17) is 23.2 Å². The summed E-state index contributed by atoms with van der Waals surface area (Å²) in [7, 11) is 0. The van der Waals surface area contributed by atoms with Gasteiger partial charge in [0.2, 0.25) is 0 Å². The normalized spacial score (nSPS) is 23.4. The fourth-order valence-corrected chi connectivity index (χ4v) is 4.60. The van der Waals surface area contributed by atoms with Gasteiger partial charge in [-0.15, -0.1) is 0 Å². The number of nitrogens with zero attached hydrogens (tertiary/aromatic N) is 2. The molecule has 3 amide bonds. The Kier molecular flexibility index (Phi) is 5.85. The number of fused-ring (bicyclic) bond motifs is 1. The Morgan fingerprint density at radius 1 is 0.933 bits per heavy atom. The van der Waals surface area contributed by atoms with Crippen LogP contribution in [0, 0.1) is 17.8 Å². The minimum atomic E-state index is -0.421. The van der Waals surface area contributed by atoms with E-state index in [0.29, 0.717) is 34.4 Å². The van der Waals surface area contributed by atoms with Crippen LogP contribution in [0.25, 0.3) is 0 Å². The quantitative estimate of drug-likeness (QED) is 0.625. The van der Waals surface area contributed by atoms with Crippen molar-refractivity contribution >= 4 is 40.9 Å². The lowest BCUT2D eigenvalue weighted by molar-refractivity contribution is -0.155. The van der Waals surface area contributed by atoms with Crippen molar-refractivity contribution in [1.29, 1.82) is 0 Å². The van der Waals surface area contributed by atoms with E-state index in [9.17, 15) is 14.4 Å². The fraction of sp³-hybridized carbons (Fsp3) is 0.348. The van der Waals surface area contributed by atoms with Crippen LogP contribution in [0.4, 0.5) is 0 Å². The second-order valence-corrected chi connectivity index (χ2v) is 8.99. The van der Waals surface area contributed by atoms with E-state index in [1.807, 2.05) is 0 Å². The van der Waals surface area contributed by atoms with Crippen LogP contribution in [-0.4, -0.2) is 27.7 Å². The molecule has 2 aliphatic rings. The van der Waals surface area contributed by atoms with E-state index >= 15 is 0 Å². The lowest BCUT2D eigenvalue weighted by atomic mass is 9.76. The van der Waals surface area contributed by atoms with Crippen molar-refractivity contribution < 1.29 is 14.4 Å². The molecule has 1 heterocycles. The van der Waals surface area contributed by atoms with Gasteiger partial charge in [0.05, 0.1) is 18.4 Å². The third-order valence-corrected chi connectivity index (χ3v) is 6.48. The van der Waals surface area contributed by atoms with Crippen molar-refractivity contribution in [3.8, 4) is 0 Å². The Morgan fingerprint density at radius 2 is 1.50 bits per heavy atom. The molecule has 0 bridgehead atoms. The molecule has 0 spiro atoms. The summed E-state index contributed by atoms with van der Waals surface area (Å²) in [6.45, 7) is 2.19. The average Bonchev–Trinajstić information content (AvgIpc) is 2.97. The van der Waals surface area contributed by atoms with E-state index in [0.717, 1.165) is 17.0 Å². The second-order valence-electron chi connectivity index (χ2n) is 8.12. The molecule has 1 aliphatic carbocycles. The molecule has 2 aromatic carbocycles. The maximum Gasteiger partial charge on any atom is 0.273 e. The van der Waals surface area contributed by atoms with Crippen LogP contribution in [-0.2, 0) is 16.1 Å². The summed E-state index contributed by atoms with van der Waals surface area (Å²) < 4.78 is 0. The zero-order valence-corrected chi connectivity index (χ0v) is 18.1. The summed E-state index contributed by atoms with van der Waals surface area (Å²) in [5.74, 6) is -1.30. The Labute approximate surface area is 185 Å². The Hall–Kier alpha value is -2.37. The van der Waals surface area contributed by atoms with Crippen LogP contribution in [0.15, 0.2) is 48.5 Å². The molecule has 156 valence electrons. The molecular weight excluding hydrogens is 423 g/mol. The number of hydrogen-bond acceptors (Lipinski definition) is 3. The van der Waals surface area contributed by atoms with Gasteiger partial charge in [-0.1, -0.05) is 42.3 Å². The maximum absolute atomic E-state index is 13.4. The molecule has 30 heavy (non-hydrogen) atoms. The monoisotopic (exact) mass is 444 g/mol.